The molecule has 4 rings (SSSR count). The third-order valence-corrected chi connectivity index (χ3v) is 7.47. The van der Waals surface area contributed by atoms with Crippen LogP contribution in [0.3, 0.4) is 0 Å². The van der Waals surface area contributed by atoms with Gasteiger partial charge in [0.2, 0.25) is 0 Å². The number of aliphatic hydroxyl groups excluding tert-OH is 2. The minimum absolute atomic E-state index is 0. The lowest BCUT2D eigenvalue weighted by Crippen LogP contribution is -2.32. The molecule has 1 amide bonds. The Morgan fingerprint density at radius 3 is 2.41 bits per heavy atom. The minimum atomic E-state index is -0.805. The van der Waals surface area contributed by atoms with E-state index in [1.807, 2.05) is 12.1 Å². The van der Waals surface area contributed by atoms with E-state index in [2.05, 4.69) is 5.32 Å². The second-order valence-electron chi connectivity index (χ2n) is 10.3. The molecular formula is C31H39NO9. The van der Waals surface area contributed by atoms with Crippen LogP contribution < -0.4 is 5.32 Å². The summed E-state index contributed by atoms with van der Waals surface area (Å²) in [5, 5.41) is 32.9. The van der Waals surface area contributed by atoms with Gasteiger partial charge in [0.25, 0.3) is 5.91 Å². The highest BCUT2D eigenvalue weighted by molar-refractivity contribution is 6.04. The molecule has 0 bridgehead atoms. The molecule has 6 N–H and O–H groups in total. The summed E-state index contributed by atoms with van der Waals surface area (Å²) >= 11 is 0. The van der Waals surface area contributed by atoms with E-state index in [0.29, 0.717) is 24.1 Å². The maximum atomic E-state index is 13.2. The Kier molecular flexibility index (Phi) is 10.7. The molecule has 0 spiro atoms. The normalized spacial score (nSPS) is 15.8. The van der Waals surface area contributed by atoms with E-state index in [1.54, 1.807) is 30.3 Å². The standard InChI is InChI=1S/C31H33NO8.H2O.2H2/c1-18(35)13-27(37)25(17-34)21(10-11-33)14-19-15-24-23(8-9-26(36)30(24)28(38)16-19)20-4-6-22(7-5-20)32-31(39)29-3-2-12-40-29;;;/h2-9,12,19,21,25,33-34,36H,10-11,13-17H2,1H3,(H,32,39);1H2;2*1H. The predicted octanol–water partition coefficient (Wildman–Crippen LogP) is 3.86. The number of nitrogens with one attached hydrogen (secondary N) is 1. The van der Waals surface area contributed by atoms with Crippen LogP contribution in [0, 0.1) is 17.8 Å². The Morgan fingerprint density at radius 2 is 1.80 bits per heavy atom. The van der Waals surface area contributed by atoms with E-state index < -0.39 is 18.4 Å². The molecule has 0 saturated heterocycles. The number of hydrogen-bond donors (Lipinski definition) is 4. The lowest BCUT2D eigenvalue weighted by Gasteiger charge is -2.31. The summed E-state index contributed by atoms with van der Waals surface area (Å²) in [5.74, 6) is -2.57. The maximum Gasteiger partial charge on any atom is 0.291 e. The van der Waals surface area contributed by atoms with Crippen molar-refractivity contribution in [3.8, 4) is 16.9 Å². The van der Waals surface area contributed by atoms with Crippen LogP contribution in [0.15, 0.2) is 59.2 Å². The number of Topliss-reactive ketones (excluding diaryl/α,β-unsaturated/α-hetero) is 3. The van der Waals surface area contributed by atoms with Crippen molar-refractivity contribution in [2.45, 2.75) is 39.0 Å². The highest BCUT2D eigenvalue weighted by Crippen LogP contribution is 2.41. The molecule has 1 heterocycles. The van der Waals surface area contributed by atoms with Gasteiger partial charge in [-0.3, -0.25) is 19.2 Å². The summed E-state index contributed by atoms with van der Waals surface area (Å²) in [5.41, 5.74) is 3.07. The number of fused-ring (bicyclic) bond motifs is 1. The first-order valence-electron chi connectivity index (χ1n) is 13.3. The van der Waals surface area contributed by atoms with Crippen molar-refractivity contribution in [3.05, 3.63) is 71.7 Å². The predicted molar refractivity (Wildman–Crippen MR) is 155 cm³/mol. The molecule has 1 aromatic heterocycles. The molecule has 0 radical (unpaired) electrons. The van der Waals surface area contributed by atoms with Crippen LogP contribution in [-0.2, 0) is 16.0 Å². The van der Waals surface area contributed by atoms with Gasteiger partial charge < -0.3 is 30.5 Å². The van der Waals surface area contributed by atoms with Crippen molar-refractivity contribution in [1.29, 1.82) is 0 Å². The molecule has 0 aliphatic heterocycles. The number of aliphatic hydroxyl groups is 2. The molecule has 0 fully saturated rings. The first-order chi connectivity index (χ1) is 19.2. The highest BCUT2D eigenvalue weighted by Gasteiger charge is 2.35. The summed E-state index contributed by atoms with van der Waals surface area (Å²) in [6.45, 7) is 0.682. The first kappa shape index (κ1) is 31.4. The Labute approximate surface area is 240 Å². The minimum Gasteiger partial charge on any atom is -0.507 e. The molecule has 41 heavy (non-hydrogen) atoms. The van der Waals surface area contributed by atoms with Gasteiger partial charge in [-0.05, 0) is 85.0 Å². The van der Waals surface area contributed by atoms with Crippen molar-refractivity contribution in [1.82, 2.24) is 0 Å². The summed E-state index contributed by atoms with van der Waals surface area (Å²) in [6.07, 6.45) is 2.39. The molecule has 10 heteroatoms. The van der Waals surface area contributed by atoms with Gasteiger partial charge in [0, 0.05) is 27.5 Å². The zero-order valence-electron chi connectivity index (χ0n) is 22.8. The quantitative estimate of drug-likeness (QED) is 0.237. The molecule has 0 saturated carbocycles. The summed E-state index contributed by atoms with van der Waals surface area (Å²) < 4.78 is 5.12. The molecule has 3 atom stereocenters. The second-order valence-corrected chi connectivity index (χ2v) is 10.3. The van der Waals surface area contributed by atoms with Crippen molar-refractivity contribution in [3.63, 3.8) is 0 Å². The Hall–Kier alpha value is -4.12. The molecule has 222 valence electrons. The fourth-order valence-corrected chi connectivity index (χ4v) is 5.62. The number of carbonyl (C=O) groups excluding carboxylic acids is 4. The number of aromatic hydroxyl groups is 1. The fourth-order valence-electron chi connectivity index (χ4n) is 5.62. The van der Waals surface area contributed by atoms with Gasteiger partial charge in [-0.15, -0.1) is 0 Å². The van der Waals surface area contributed by atoms with E-state index in [-0.39, 0.29) is 80.4 Å². The fraction of sp³-hybridized carbons (Fsp3) is 0.355. The van der Waals surface area contributed by atoms with Crippen LogP contribution in [0.5, 0.6) is 5.75 Å². The van der Waals surface area contributed by atoms with Gasteiger partial charge in [0.15, 0.2) is 11.5 Å². The third kappa shape index (κ3) is 7.35. The third-order valence-electron chi connectivity index (χ3n) is 7.47. The molecule has 1 aliphatic carbocycles. The molecule has 3 unspecified atom stereocenters. The van der Waals surface area contributed by atoms with E-state index in [1.165, 1.54) is 19.3 Å². The summed E-state index contributed by atoms with van der Waals surface area (Å²) in [6, 6.07) is 13.5. The molecule has 1 aliphatic rings. The SMILES string of the molecule is CC(=O)CC(=O)C(CO)C(CCO)CC1CC(=O)c2c(O)ccc(-c3ccc(NC(=O)c4ccco4)cc3)c2C1.O.[HH].[HH]. The number of hydrogen-bond acceptors (Lipinski definition) is 8. The van der Waals surface area contributed by atoms with Crippen molar-refractivity contribution in [2.24, 2.45) is 17.8 Å². The summed E-state index contributed by atoms with van der Waals surface area (Å²) in [4.78, 5) is 49.7. The smallest absolute Gasteiger partial charge is 0.291 e. The average Bonchev–Trinajstić information content (AvgIpc) is 3.45. The number of phenols is 1. The Balaban J connectivity index is 0.00000308. The van der Waals surface area contributed by atoms with Crippen LogP contribution in [0.25, 0.3) is 11.1 Å². The number of anilines is 1. The molecule has 2 aromatic carbocycles. The number of carbonyl (C=O) groups is 4. The first-order valence-corrected chi connectivity index (χ1v) is 13.3. The lowest BCUT2D eigenvalue weighted by molar-refractivity contribution is -0.131. The van der Waals surface area contributed by atoms with E-state index in [9.17, 15) is 34.5 Å². The van der Waals surface area contributed by atoms with Crippen molar-refractivity contribution in [2.75, 3.05) is 18.5 Å². The molecule has 3 aromatic rings. The zero-order valence-corrected chi connectivity index (χ0v) is 22.8. The number of amides is 1. The zero-order chi connectivity index (χ0) is 28.8. The van der Waals surface area contributed by atoms with Crippen molar-refractivity contribution >= 4 is 28.9 Å². The number of ketones is 3. The van der Waals surface area contributed by atoms with E-state index in [0.717, 1.165) is 11.1 Å². The van der Waals surface area contributed by atoms with Gasteiger partial charge in [-0.1, -0.05) is 18.2 Å². The van der Waals surface area contributed by atoms with Crippen LogP contribution >= 0.6 is 0 Å². The van der Waals surface area contributed by atoms with Gasteiger partial charge in [0.05, 0.1) is 24.9 Å². The van der Waals surface area contributed by atoms with Crippen LogP contribution in [0.4, 0.5) is 5.69 Å². The largest absolute Gasteiger partial charge is 0.507 e. The Morgan fingerprint density at radius 1 is 1.07 bits per heavy atom. The Bertz CT molecular complexity index is 1390. The van der Waals surface area contributed by atoms with Crippen LogP contribution in [0.2, 0.25) is 0 Å². The molecule has 10 nitrogen and oxygen atoms in total. The highest BCUT2D eigenvalue weighted by atomic mass is 16.3. The van der Waals surface area contributed by atoms with Crippen molar-refractivity contribution < 1.29 is 47.2 Å². The van der Waals surface area contributed by atoms with Gasteiger partial charge in [-0.25, -0.2) is 0 Å². The van der Waals surface area contributed by atoms with Crippen LogP contribution in [0.1, 0.15) is 61.9 Å². The van der Waals surface area contributed by atoms with Crippen LogP contribution in [-0.4, -0.2) is 57.3 Å². The topological polar surface area (TPSA) is 186 Å². The molecular weight excluding hydrogens is 530 g/mol. The van der Waals surface area contributed by atoms with Gasteiger partial charge in [-0.2, -0.15) is 0 Å². The monoisotopic (exact) mass is 569 g/mol. The maximum absolute atomic E-state index is 13.2. The lowest BCUT2D eigenvalue weighted by atomic mass is 9.72. The number of phenolic OH excluding ortho intramolecular Hbond substituents is 1. The summed E-state index contributed by atoms with van der Waals surface area (Å²) in [7, 11) is 0. The number of rotatable bonds is 12. The van der Waals surface area contributed by atoms with E-state index in [4.69, 9.17) is 4.42 Å². The van der Waals surface area contributed by atoms with Gasteiger partial charge in [0.1, 0.15) is 17.3 Å². The van der Waals surface area contributed by atoms with E-state index >= 15 is 0 Å². The van der Waals surface area contributed by atoms with Gasteiger partial charge >= 0.3 is 0 Å². The average molecular weight is 570 g/mol. The second kappa shape index (κ2) is 14.0. The number of furan rings is 1. The number of benzene rings is 2.